The van der Waals surface area contributed by atoms with E-state index in [0.717, 1.165) is 24.0 Å². The quantitative estimate of drug-likeness (QED) is 0.314. The molecule has 0 atom stereocenters. The SMILES string of the molecule is CCC=CC(=O)[c-]1[cH-][cH-][cH-][cH-]1.CCC=CC(=O)[c-]1cccc1.[Fe]. The second kappa shape index (κ2) is 12.6. The summed E-state index contributed by atoms with van der Waals surface area (Å²) in [5, 5.41) is 0. The molecule has 0 saturated carbocycles. The Morgan fingerprint density at radius 3 is 1.87 bits per heavy atom. The van der Waals surface area contributed by atoms with Crippen LogP contribution in [0.1, 0.15) is 47.4 Å². The number of allylic oxidation sites excluding steroid dienone is 4. The molecule has 0 N–H and O–H groups in total. The average Bonchev–Trinajstić information content (AvgIpc) is 3.23. The molecule has 0 unspecified atom stereocenters. The van der Waals surface area contributed by atoms with Gasteiger partial charge in [0.05, 0.1) is 0 Å². The van der Waals surface area contributed by atoms with Crippen molar-refractivity contribution in [2.45, 2.75) is 26.7 Å². The van der Waals surface area contributed by atoms with Gasteiger partial charge in [-0.25, -0.2) is 6.08 Å². The molecular weight excluding hydrogens is 328 g/mol. The van der Waals surface area contributed by atoms with E-state index in [0.29, 0.717) is 0 Å². The van der Waals surface area contributed by atoms with Gasteiger partial charge in [0, 0.05) is 17.1 Å². The zero-order chi connectivity index (χ0) is 16.2. The maximum Gasteiger partial charge on any atom is 0.105 e. The maximum absolute atomic E-state index is 11.2. The molecule has 0 aliphatic heterocycles. The third-order valence-corrected chi connectivity index (χ3v) is 2.90. The van der Waals surface area contributed by atoms with E-state index in [9.17, 15) is 9.59 Å². The average molecular weight is 350 g/mol. The van der Waals surface area contributed by atoms with E-state index in [2.05, 4.69) is 0 Å². The molecule has 0 aromatic heterocycles. The van der Waals surface area contributed by atoms with Gasteiger partial charge in [-0.05, 0) is 6.42 Å². The molecule has 0 spiro atoms. The van der Waals surface area contributed by atoms with Crippen molar-refractivity contribution in [1.29, 1.82) is 0 Å². The number of ketones is 2. The number of hydrogen-bond donors (Lipinski definition) is 0. The topological polar surface area (TPSA) is 34.1 Å². The van der Waals surface area contributed by atoms with Gasteiger partial charge < -0.3 is 51.3 Å². The minimum Gasteiger partial charge on any atom is -0.645 e. The van der Waals surface area contributed by atoms with Crippen LogP contribution < -0.4 is 0 Å². The molecule has 3 heteroatoms. The summed E-state index contributed by atoms with van der Waals surface area (Å²) in [4.78, 5) is 22.4. The van der Waals surface area contributed by atoms with Crippen LogP contribution in [0.2, 0.25) is 0 Å². The predicted molar refractivity (Wildman–Crippen MR) is 91.6 cm³/mol. The Balaban J connectivity index is 0.000000403. The zero-order valence-electron chi connectivity index (χ0n) is 13.5. The molecule has 0 amide bonds. The van der Waals surface area contributed by atoms with E-state index in [1.54, 1.807) is 12.2 Å². The van der Waals surface area contributed by atoms with E-state index < -0.39 is 0 Å². The van der Waals surface area contributed by atoms with Gasteiger partial charge in [-0.3, -0.25) is 0 Å². The summed E-state index contributed by atoms with van der Waals surface area (Å²) in [6.45, 7) is 4.02. The molecule has 2 aromatic carbocycles. The Bertz CT molecular complexity index is 546. The minimum absolute atomic E-state index is 0. The molecule has 0 aliphatic rings. The Morgan fingerprint density at radius 2 is 1.39 bits per heavy atom. The summed E-state index contributed by atoms with van der Waals surface area (Å²) in [6, 6.07) is 14.8. The van der Waals surface area contributed by atoms with Gasteiger partial charge in [-0.2, -0.15) is 12.1 Å². The summed E-state index contributed by atoms with van der Waals surface area (Å²) in [6.07, 6.45) is 8.80. The van der Waals surface area contributed by atoms with Gasteiger partial charge in [-0.1, -0.05) is 31.9 Å². The van der Waals surface area contributed by atoms with Crippen LogP contribution >= 0.6 is 0 Å². The second-order valence-corrected chi connectivity index (χ2v) is 4.70. The fourth-order valence-electron chi connectivity index (χ4n) is 1.72. The summed E-state index contributed by atoms with van der Waals surface area (Å²) < 4.78 is 0. The van der Waals surface area contributed by atoms with Crippen LogP contribution in [0.4, 0.5) is 0 Å². The molecule has 2 rings (SSSR count). The summed E-state index contributed by atoms with van der Waals surface area (Å²) >= 11 is 0. The molecule has 0 bridgehead atoms. The fourth-order valence-corrected chi connectivity index (χ4v) is 1.72. The summed E-state index contributed by atoms with van der Waals surface area (Å²) in [5.41, 5.74) is 1.55. The Labute approximate surface area is 149 Å². The Kier molecular flexibility index (Phi) is 11.5. The minimum atomic E-state index is 0. The van der Waals surface area contributed by atoms with E-state index in [4.69, 9.17) is 0 Å². The van der Waals surface area contributed by atoms with Gasteiger partial charge in [0.15, 0.2) is 0 Å². The smallest absolute Gasteiger partial charge is 0.105 e. The van der Waals surface area contributed by atoms with Crippen molar-refractivity contribution in [3.8, 4) is 0 Å². The predicted octanol–water partition coefficient (Wildman–Crippen LogP) is 5.11. The van der Waals surface area contributed by atoms with Crippen LogP contribution in [0.25, 0.3) is 0 Å². The van der Waals surface area contributed by atoms with Gasteiger partial charge in [0.2, 0.25) is 0 Å². The van der Waals surface area contributed by atoms with Crippen LogP contribution in [-0.4, -0.2) is 11.6 Å². The standard InChI is InChI=1S/2C10H11O.Fe/c2*1-2-3-8-10(11)9-6-4-5-7-9;/h2*3-8H,2H2,1H3;/q-5;-1;. The normalized spacial score (nSPS) is 10.2. The van der Waals surface area contributed by atoms with Crippen molar-refractivity contribution in [1.82, 2.24) is 0 Å². The zero-order valence-corrected chi connectivity index (χ0v) is 14.6. The maximum atomic E-state index is 11.2. The molecule has 0 radical (unpaired) electrons. The first-order valence-electron chi connectivity index (χ1n) is 7.54. The van der Waals surface area contributed by atoms with Gasteiger partial charge >= 0.3 is 0 Å². The van der Waals surface area contributed by atoms with E-state index in [-0.39, 0.29) is 28.6 Å². The molecule has 2 nitrogen and oxygen atoms in total. The van der Waals surface area contributed by atoms with Crippen LogP contribution in [0.15, 0.2) is 72.8 Å². The summed E-state index contributed by atoms with van der Waals surface area (Å²) in [5.74, 6) is 0.189. The number of rotatable bonds is 6. The molecular formula is C20H22FeO2-6. The molecule has 23 heavy (non-hydrogen) atoms. The summed E-state index contributed by atoms with van der Waals surface area (Å²) in [7, 11) is 0. The number of carbonyl (C=O) groups is 2. The first-order valence-corrected chi connectivity index (χ1v) is 7.54. The molecule has 0 saturated heterocycles. The van der Waals surface area contributed by atoms with Crippen LogP contribution in [0.5, 0.6) is 0 Å². The van der Waals surface area contributed by atoms with Crippen molar-refractivity contribution in [2.24, 2.45) is 0 Å². The fraction of sp³-hybridized carbons (Fsp3) is 0.200. The monoisotopic (exact) mass is 350 g/mol. The molecule has 128 valence electrons. The van der Waals surface area contributed by atoms with Gasteiger partial charge in [0.1, 0.15) is 5.78 Å². The van der Waals surface area contributed by atoms with E-state index >= 15 is 0 Å². The van der Waals surface area contributed by atoms with Crippen LogP contribution in [0, 0.1) is 0 Å². The Hall–Kier alpha value is -1.96. The first kappa shape index (κ1) is 21.0. The largest absolute Gasteiger partial charge is 0.645 e. The van der Waals surface area contributed by atoms with Gasteiger partial charge in [-0.15, -0.1) is 18.2 Å². The third-order valence-electron chi connectivity index (χ3n) is 2.90. The van der Waals surface area contributed by atoms with E-state index in [1.165, 1.54) is 0 Å². The third kappa shape index (κ3) is 8.29. The van der Waals surface area contributed by atoms with Crippen LogP contribution in [0.3, 0.4) is 0 Å². The molecule has 0 fully saturated rings. The molecule has 0 heterocycles. The number of hydrogen-bond acceptors (Lipinski definition) is 2. The van der Waals surface area contributed by atoms with E-state index in [1.807, 2.05) is 74.5 Å². The Morgan fingerprint density at radius 1 is 0.913 bits per heavy atom. The molecule has 2 aromatic rings. The number of carbonyl (C=O) groups excluding carboxylic acids is 2. The van der Waals surface area contributed by atoms with Crippen molar-refractivity contribution in [3.63, 3.8) is 0 Å². The second-order valence-electron chi connectivity index (χ2n) is 4.70. The van der Waals surface area contributed by atoms with Crippen molar-refractivity contribution in [3.05, 3.63) is 84.0 Å². The van der Waals surface area contributed by atoms with Gasteiger partial charge in [0.25, 0.3) is 0 Å². The van der Waals surface area contributed by atoms with Crippen molar-refractivity contribution >= 4 is 11.6 Å². The van der Waals surface area contributed by atoms with Crippen molar-refractivity contribution in [2.75, 3.05) is 0 Å². The van der Waals surface area contributed by atoms with Crippen LogP contribution in [-0.2, 0) is 17.1 Å². The van der Waals surface area contributed by atoms with Crippen molar-refractivity contribution < 1.29 is 26.7 Å². The molecule has 0 aliphatic carbocycles. The first-order chi connectivity index (χ1) is 10.7.